The van der Waals surface area contributed by atoms with Crippen LogP contribution in [0.25, 0.3) is 0 Å². The average molecular weight is 360 g/mol. The second-order valence-corrected chi connectivity index (χ2v) is 12.1. The standard InChI is InChI=1S/C23H37NS/c1-15-7-10-21(3)17(13-15)5-6-18-19(21)8-11-22(4)20(18)9-12-23(22)24-16(2)14-25-23/h5,15-16,18-20,24H,6-14H2,1-4H3. The van der Waals surface area contributed by atoms with E-state index in [9.17, 15) is 0 Å². The Bertz CT molecular complexity index is 599. The number of allylic oxidation sites excluding steroid dienone is 2. The van der Waals surface area contributed by atoms with Crippen molar-refractivity contribution in [2.45, 2.75) is 90.0 Å². The third-order valence-corrected chi connectivity index (χ3v) is 11.5. The van der Waals surface area contributed by atoms with Crippen LogP contribution in [0.15, 0.2) is 11.6 Å². The van der Waals surface area contributed by atoms with Crippen LogP contribution in [0.1, 0.15) is 79.1 Å². The second kappa shape index (κ2) is 5.53. The van der Waals surface area contributed by atoms with Crippen LogP contribution in [0.3, 0.4) is 0 Å². The van der Waals surface area contributed by atoms with Gasteiger partial charge in [-0.2, -0.15) is 0 Å². The minimum atomic E-state index is 0.397. The lowest BCUT2D eigenvalue weighted by Gasteiger charge is -2.59. The molecule has 1 N–H and O–H groups in total. The molecule has 0 radical (unpaired) electrons. The number of thioether (sulfide) groups is 1. The fourth-order valence-electron chi connectivity index (χ4n) is 8.06. The first-order valence-corrected chi connectivity index (χ1v) is 12.0. The van der Waals surface area contributed by atoms with Crippen LogP contribution < -0.4 is 5.32 Å². The summed E-state index contributed by atoms with van der Waals surface area (Å²) in [6.07, 6.45) is 14.3. The maximum atomic E-state index is 4.08. The van der Waals surface area contributed by atoms with Crippen LogP contribution in [-0.2, 0) is 0 Å². The van der Waals surface area contributed by atoms with Gasteiger partial charge in [-0.15, -0.1) is 11.8 Å². The molecule has 0 aromatic heterocycles. The number of nitrogens with one attached hydrogen (secondary N) is 1. The average Bonchev–Trinajstić information content (AvgIpc) is 3.10. The monoisotopic (exact) mass is 359 g/mol. The molecule has 5 aliphatic rings. The predicted octanol–water partition coefficient (Wildman–Crippen LogP) is 6.01. The molecule has 0 aromatic rings. The Balaban J connectivity index is 1.48. The minimum absolute atomic E-state index is 0.397. The van der Waals surface area contributed by atoms with Crippen LogP contribution in [0, 0.1) is 34.5 Å². The van der Waals surface area contributed by atoms with E-state index in [0.29, 0.717) is 21.7 Å². The summed E-state index contributed by atoms with van der Waals surface area (Å²) < 4.78 is 0. The van der Waals surface area contributed by atoms with Crippen LogP contribution in [0.4, 0.5) is 0 Å². The molecular weight excluding hydrogens is 322 g/mol. The second-order valence-electron chi connectivity index (χ2n) is 10.8. The van der Waals surface area contributed by atoms with E-state index in [1.165, 1.54) is 57.1 Å². The number of hydrogen-bond donors (Lipinski definition) is 1. The van der Waals surface area contributed by atoms with Crippen LogP contribution in [0.5, 0.6) is 0 Å². The summed E-state index contributed by atoms with van der Waals surface area (Å²) in [6, 6.07) is 0.702. The summed E-state index contributed by atoms with van der Waals surface area (Å²) in [6.45, 7) is 10.2. The van der Waals surface area contributed by atoms with Gasteiger partial charge in [0.2, 0.25) is 0 Å². The minimum Gasteiger partial charge on any atom is -0.299 e. The lowest BCUT2D eigenvalue weighted by atomic mass is 9.47. The molecule has 5 rings (SSSR count). The summed E-state index contributed by atoms with van der Waals surface area (Å²) in [7, 11) is 0. The van der Waals surface area contributed by atoms with Crippen molar-refractivity contribution < 1.29 is 0 Å². The van der Waals surface area contributed by atoms with E-state index in [2.05, 4.69) is 50.8 Å². The van der Waals surface area contributed by atoms with Crippen molar-refractivity contribution in [3.63, 3.8) is 0 Å². The Kier molecular flexibility index (Phi) is 3.80. The van der Waals surface area contributed by atoms with Crippen molar-refractivity contribution in [1.29, 1.82) is 0 Å². The summed E-state index contributed by atoms with van der Waals surface area (Å²) in [5, 5.41) is 4.08. The maximum absolute atomic E-state index is 4.08. The lowest BCUT2D eigenvalue weighted by Crippen LogP contribution is -2.57. The van der Waals surface area contributed by atoms with E-state index in [0.717, 1.165) is 23.7 Å². The van der Waals surface area contributed by atoms with Crippen LogP contribution >= 0.6 is 11.8 Å². The molecule has 4 aliphatic carbocycles. The molecule has 1 aliphatic heterocycles. The van der Waals surface area contributed by atoms with Crippen molar-refractivity contribution in [2.24, 2.45) is 34.5 Å². The molecule has 0 bridgehead atoms. The van der Waals surface area contributed by atoms with Crippen molar-refractivity contribution in [1.82, 2.24) is 5.32 Å². The van der Waals surface area contributed by atoms with Gasteiger partial charge in [-0.1, -0.05) is 32.4 Å². The highest BCUT2D eigenvalue weighted by atomic mass is 32.2. The first-order chi connectivity index (χ1) is 11.9. The largest absolute Gasteiger partial charge is 0.299 e. The Labute approximate surface area is 159 Å². The van der Waals surface area contributed by atoms with Gasteiger partial charge >= 0.3 is 0 Å². The molecule has 0 amide bonds. The normalized spacial score (nSPS) is 57.8. The third kappa shape index (κ3) is 2.19. The molecule has 1 nitrogen and oxygen atoms in total. The molecule has 3 saturated carbocycles. The van der Waals surface area contributed by atoms with E-state index in [1.54, 1.807) is 0 Å². The van der Waals surface area contributed by atoms with Crippen LogP contribution in [0.2, 0.25) is 0 Å². The Morgan fingerprint density at radius 3 is 2.60 bits per heavy atom. The van der Waals surface area contributed by atoms with Gasteiger partial charge in [-0.05, 0) is 92.8 Å². The van der Waals surface area contributed by atoms with Gasteiger partial charge in [0.05, 0.1) is 4.87 Å². The van der Waals surface area contributed by atoms with E-state index < -0.39 is 0 Å². The Hall–Kier alpha value is 0.0500. The molecular formula is C23H37NS. The molecule has 8 unspecified atom stereocenters. The molecule has 0 aromatic carbocycles. The van der Waals surface area contributed by atoms with Crippen molar-refractivity contribution in [3.8, 4) is 0 Å². The topological polar surface area (TPSA) is 12.0 Å². The predicted molar refractivity (Wildman–Crippen MR) is 109 cm³/mol. The molecule has 8 atom stereocenters. The number of fused-ring (bicyclic) bond motifs is 6. The SMILES string of the molecule is CC1CCC2(C)C(=CCC3C2CCC2(C)C3CCC23NC(C)CS3)C1. The molecule has 1 heterocycles. The maximum Gasteiger partial charge on any atom is 0.0705 e. The van der Waals surface area contributed by atoms with Crippen molar-refractivity contribution in [3.05, 3.63) is 11.6 Å². The highest BCUT2D eigenvalue weighted by molar-refractivity contribution is 8.01. The molecule has 2 heteroatoms. The Morgan fingerprint density at radius 1 is 1.04 bits per heavy atom. The van der Waals surface area contributed by atoms with Gasteiger partial charge in [-0.25, -0.2) is 0 Å². The first kappa shape index (κ1) is 17.2. The smallest absolute Gasteiger partial charge is 0.0705 e. The van der Waals surface area contributed by atoms with Gasteiger partial charge < -0.3 is 0 Å². The fourth-order valence-corrected chi connectivity index (χ4v) is 9.81. The molecule has 4 fully saturated rings. The molecule has 1 spiro atoms. The zero-order chi connectivity index (χ0) is 17.4. The summed E-state index contributed by atoms with van der Waals surface area (Å²) in [5.74, 6) is 5.11. The zero-order valence-electron chi connectivity index (χ0n) is 16.7. The van der Waals surface area contributed by atoms with Crippen LogP contribution in [-0.4, -0.2) is 16.7 Å². The van der Waals surface area contributed by atoms with Crippen molar-refractivity contribution in [2.75, 3.05) is 5.75 Å². The van der Waals surface area contributed by atoms with Gasteiger partial charge in [-0.3, -0.25) is 5.32 Å². The fraction of sp³-hybridized carbons (Fsp3) is 0.913. The highest BCUT2D eigenvalue weighted by Gasteiger charge is 2.65. The van der Waals surface area contributed by atoms with Gasteiger partial charge in [0.15, 0.2) is 0 Å². The molecule has 140 valence electrons. The molecule has 25 heavy (non-hydrogen) atoms. The first-order valence-electron chi connectivity index (χ1n) is 11.0. The van der Waals surface area contributed by atoms with E-state index >= 15 is 0 Å². The Morgan fingerprint density at radius 2 is 1.84 bits per heavy atom. The highest BCUT2D eigenvalue weighted by Crippen LogP contribution is 2.70. The van der Waals surface area contributed by atoms with Crippen molar-refractivity contribution >= 4 is 11.8 Å². The van der Waals surface area contributed by atoms with Gasteiger partial charge in [0, 0.05) is 11.8 Å². The summed E-state index contributed by atoms with van der Waals surface area (Å²) in [5.41, 5.74) is 2.91. The van der Waals surface area contributed by atoms with Gasteiger partial charge in [0.1, 0.15) is 0 Å². The van der Waals surface area contributed by atoms with Gasteiger partial charge in [0.25, 0.3) is 0 Å². The number of hydrogen-bond acceptors (Lipinski definition) is 2. The quantitative estimate of drug-likeness (QED) is 0.532. The third-order valence-electron chi connectivity index (χ3n) is 9.53. The molecule has 1 saturated heterocycles. The van der Waals surface area contributed by atoms with E-state index in [4.69, 9.17) is 0 Å². The van der Waals surface area contributed by atoms with E-state index in [1.807, 2.05) is 5.57 Å². The lowest BCUT2D eigenvalue weighted by molar-refractivity contribution is -0.0412. The van der Waals surface area contributed by atoms with E-state index in [-0.39, 0.29) is 0 Å². The summed E-state index contributed by atoms with van der Waals surface area (Å²) >= 11 is 2.28. The zero-order valence-corrected chi connectivity index (χ0v) is 17.6. The number of rotatable bonds is 0. The summed E-state index contributed by atoms with van der Waals surface area (Å²) in [4.78, 5) is 0.397.